The zero-order valence-electron chi connectivity index (χ0n) is 15.5. The van der Waals surface area contributed by atoms with E-state index in [-0.39, 0.29) is 5.91 Å². The molecule has 1 aliphatic heterocycles. The Hall–Kier alpha value is -1.99. The lowest BCUT2D eigenvalue weighted by molar-refractivity contribution is 0.0750. The lowest BCUT2D eigenvalue weighted by atomic mass is 10.1. The van der Waals surface area contributed by atoms with Crippen LogP contribution in [0.5, 0.6) is 0 Å². The summed E-state index contributed by atoms with van der Waals surface area (Å²) in [5.41, 5.74) is 4.46. The molecule has 0 aliphatic carbocycles. The number of fused-ring (bicyclic) bond motifs is 1. The summed E-state index contributed by atoms with van der Waals surface area (Å²) in [7, 11) is 0. The second kappa shape index (κ2) is 6.63. The minimum absolute atomic E-state index is 0.114. The molecule has 0 spiro atoms. The second-order valence-electron chi connectivity index (χ2n) is 6.85. The zero-order valence-corrected chi connectivity index (χ0v) is 17.1. The van der Waals surface area contributed by atoms with E-state index in [0.717, 1.165) is 52.4 Å². The minimum atomic E-state index is 0.114. The molecule has 136 valence electrons. The lowest BCUT2D eigenvalue weighted by Crippen LogP contribution is -2.48. The SMILES string of the molecule is Cc1cc(C)c2sc(N3CCN(C(=O)c4sc(C)nc4C)CC3)nc2c1. The van der Waals surface area contributed by atoms with Crippen molar-refractivity contribution in [1.82, 2.24) is 14.9 Å². The molecule has 0 N–H and O–H groups in total. The molecule has 0 atom stereocenters. The molecular formula is C19H22N4OS2. The van der Waals surface area contributed by atoms with Gasteiger partial charge in [-0.3, -0.25) is 4.79 Å². The molecule has 1 aliphatic rings. The Morgan fingerprint density at radius 1 is 1.00 bits per heavy atom. The quantitative estimate of drug-likeness (QED) is 0.669. The van der Waals surface area contributed by atoms with Crippen LogP contribution in [0, 0.1) is 27.7 Å². The van der Waals surface area contributed by atoms with Crippen molar-refractivity contribution < 1.29 is 4.79 Å². The van der Waals surface area contributed by atoms with Gasteiger partial charge in [0.2, 0.25) is 0 Å². The Balaban J connectivity index is 1.49. The number of carbonyl (C=O) groups is 1. The highest BCUT2D eigenvalue weighted by molar-refractivity contribution is 7.22. The number of benzene rings is 1. The zero-order chi connectivity index (χ0) is 18.4. The van der Waals surface area contributed by atoms with Crippen LogP contribution in [0.1, 0.15) is 31.5 Å². The van der Waals surface area contributed by atoms with Crippen LogP contribution in [0.3, 0.4) is 0 Å². The molecule has 1 saturated heterocycles. The average Bonchev–Trinajstić information content (AvgIpc) is 3.17. The Morgan fingerprint density at radius 2 is 1.73 bits per heavy atom. The summed E-state index contributed by atoms with van der Waals surface area (Å²) in [6, 6.07) is 4.36. The van der Waals surface area contributed by atoms with Crippen molar-refractivity contribution >= 4 is 43.9 Å². The first-order chi connectivity index (χ1) is 12.4. The van der Waals surface area contributed by atoms with Crippen molar-refractivity contribution in [1.29, 1.82) is 0 Å². The first-order valence-electron chi connectivity index (χ1n) is 8.78. The lowest BCUT2D eigenvalue weighted by Gasteiger charge is -2.34. The smallest absolute Gasteiger partial charge is 0.265 e. The molecule has 26 heavy (non-hydrogen) atoms. The van der Waals surface area contributed by atoms with E-state index in [9.17, 15) is 4.79 Å². The van der Waals surface area contributed by atoms with E-state index < -0.39 is 0 Å². The topological polar surface area (TPSA) is 49.3 Å². The Bertz CT molecular complexity index is 983. The molecule has 3 aromatic rings. The number of nitrogens with zero attached hydrogens (tertiary/aromatic N) is 4. The van der Waals surface area contributed by atoms with Crippen molar-refractivity contribution in [3.8, 4) is 0 Å². The van der Waals surface area contributed by atoms with E-state index in [2.05, 4.69) is 35.9 Å². The molecule has 5 nitrogen and oxygen atoms in total. The minimum Gasteiger partial charge on any atom is -0.345 e. The van der Waals surface area contributed by atoms with Crippen LogP contribution in [0.2, 0.25) is 0 Å². The maximum absolute atomic E-state index is 12.8. The summed E-state index contributed by atoms with van der Waals surface area (Å²) in [4.78, 5) is 27.0. The summed E-state index contributed by atoms with van der Waals surface area (Å²) in [5, 5.41) is 2.01. The third kappa shape index (κ3) is 3.10. The number of rotatable bonds is 2. The fraction of sp³-hybridized carbons (Fsp3) is 0.421. The Kier molecular flexibility index (Phi) is 4.44. The number of carbonyl (C=O) groups excluding carboxylic acids is 1. The monoisotopic (exact) mass is 386 g/mol. The van der Waals surface area contributed by atoms with Crippen LogP contribution < -0.4 is 4.90 Å². The molecule has 1 amide bonds. The van der Waals surface area contributed by atoms with E-state index in [0.29, 0.717) is 0 Å². The molecule has 7 heteroatoms. The molecule has 0 bridgehead atoms. The number of anilines is 1. The number of hydrogen-bond donors (Lipinski definition) is 0. The third-order valence-corrected chi connectivity index (χ3v) is 7.07. The first kappa shape index (κ1) is 17.4. The van der Waals surface area contributed by atoms with Crippen LogP contribution in [0.4, 0.5) is 5.13 Å². The molecule has 1 fully saturated rings. The Morgan fingerprint density at radius 3 is 2.38 bits per heavy atom. The van der Waals surface area contributed by atoms with E-state index in [4.69, 9.17) is 4.98 Å². The highest BCUT2D eigenvalue weighted by atomic mass is 32.1. The van der Waals surface area contributed by atoms with Crippen LogP contribution in [0.15, 0.2) is 12.1 Å². The van der Waals surface area contributed by atoms with Gasteiger partial charge in [-0.25, -0.2) is 9.97 Å². The molecule has 4 rings (SSSR count). The molecule has 0 radical (unpaired) electrons. The Labute approximate surface area is 161 Å². The van der Waals surface area contributed by atoms with Crippen LogP contribution in [0.25, 0.3) is 10.2 Å². The molecule has 2 aromatic heterocycles. The summed E-state index contributed by atoms with van der Waals surface area (Å²) in [6.45, 7) is 11.2. The van der Waals surface area contributed by atoms with Crippen molar-refractivity contribution in [3.05, 3.63) is 38.8 Å². The van der Waals surface area contributed by atoms with Gasteiger partial charge in [-0.2, -0.15) is 0 Å². The van der Waals surface area contributed by atoms with Gasteiger partial charge in [0.1, 0.15) is 4.88 Å². The van der Waals surface area contributed by atoms with Gasteiger partial charge in [0, 0.05) is 26.2 Å². The number of amides is 1. The van der Waals surface area contributed by atoms with Gasteiger partial charge >= 0.3 is 0 Å². The standard InChI is InChI=1S/C19H22N4OS2/c1-11-9-12(2)16-15(10-11)21-19(26-16)23-7-5-22(6-8-23)18(24)17-13(3)20-14(4)25-17/h9-10H,5-8H2,1-4H3. The largest absolute Gasteiger partial charge is 0.345 e. The van der Waals surface area contributed by atoms with Crippen LogP contribution >= 0.6 is 22.7 Å². The molecule has 1 aromatic carbocycles. The highest BCUT2D eigenvalue weighted by Crippen LogP contribution is 2.32. The predicted molar refractivity (Wildman–Crippen MR) is 109 cm³/mol. The van der Waals surface area contributed by atoms with Crippen molar-refractivity contribution in [2.45, 2.75) is 27.7 Å². The average molecular weight is 387 g/mol. The number of aromatic nitrogens is 2. The van der Waals surface area contributed by atoms with Crippen molar-refractivity contribution in [2.24, 2.45) is 0 Å². The predicted octanol–water partition coefficient (Wildman–Crippen LogP) is 3.95. The first-order valence-corrected chi connectivity index (χ1v) is 10.4. The number of hydrogen-bond acceptors (Lipinski definition) is 6. The summed E-state index contributed by atoms with van der Waals surface area (Å²) in [5.74, 6) is 0.114. The van der Waals surface area contributed by atoms with E-state index in [1.165, 1.54) is 27.2 Å². The van der Waals surface area contributed by atoms with Gasteiger partial charge in [-0.1, -0.05) is 17.4 Å². The molecule has 3 heterocycles. The summed E-state index contributed by atoms with van der Waals surface area (Å²) >= 11 is 3.25. The molecule has 0 unspecified atom stereocenters. The van der Waals surface area contributed by atoms with E-state index in [1.54, 1.807) is 11.3 Å². The van der Waals surface area contributed by atoms with Gasteiger partial charge < -0.3 is 9.80 Å². The van der Waals surface area contributed by atoms with Crippen LogP contribution in [-0.2, 0) is 0 Å². The fourth-order valence-electron chi connectivity index (χ4n) is 3.47. The van der Waals surface area contributed by atoms with Crippen LogP contribution in [-0.4, -0.2) is 47.0 Å². The summed E-state index contributed by atoms with van der Waals surface area (Å²) in [6.07, 6.45) is 0. The van der Waals surface area contributed by atoms with Gasteiger partial charge in [0.15, 0.2) is 5.13 Å². The number of thiazole rings is 2. The van der Waals surface area contributed by atoms with Gasteiger partial charge in [-0.15, -0.1) is 11.3 Å². The van der Waals surface area contributed by atoms with Crippen molar-refractivity contribution in [2.75, 3.05) is 31.1 Å². The molecular weight excluding hydrogens is 364 g/mol. The van der Waals surface area contributed by atoms with Gasteiger partial charge in [0.25, 0.3) is 5.91 Å². The summed E-state index contributed by atoms with van der Waals surface area (Å²) < 4.78 is 1.26. The van der Waals surface area contributed by atoms with Gasteiger partial charge in [0.05, 0.1) is 20.9 Å². The van der Waals surface area contributed by atoms with Gasteiger partial charge in [-0.05, 0) is 44.9 Å². The van der Waals surface area contributed by atoms with E-state index in [1.807, 2.05) is 18.7 Å². The second-order valence-corrected chi connectivity index (χ2v) is 9.03. The molecule has 0 saturated carbocycles. The highest BCUT2D eigenvalue weighted by Gasteiger charge is 2.26. The third-order valence-electron chi connectivity index (χ3n) is 4.74. The van der Waals surface area contributed by atoms with E-state index >= 15 is 0 Å². The number of aryl methyl sites for hydroxylation is 4. The normalized spacial score (nSPS) is 15.1. The van der Waals surface area contributed by atoms with Crippen molar-refractivity contribution in [3.63, 3.8) is 0 Å². The fourth-order valence-corrected chi connectivity index (χ4v) is 5.43. The maximum atomic E-state index is 12.8. The maximum Gasteiger partial charge on any atom is 0.265 e. The number of piperazine rings is 1.